The van der Waals surface area contributed by atoms with Crippen LogP contribution >= 0.6 is 0 Å². The quantitative estimate of drug-likeness (QED) is 0.0515. The second kappa shape index (κ2) is 19.8. The number of piperazine rings is 1. The standard InChI is InChI=1S/C55H54F2N10O8/c1-4-35-39(56)17-14-31-9-7-10-36(44(31)35)47-46(57)48-38(24-58-47)49(65-26-32-15-16-33(27-65)59-32)63-53(62-48)75-29-55-21-20-34(66(55)25-30(2)23-55)28-74-54(73)64(3)22-6-5-13-42(68)60-40-12-8-11-37-45(40)52(72)67(51(37)71)41-18-19-43(69)61-50(41)70/h1,7-12,14,17,24,32-34,41,59H,2,5-6,13,15-16,18-23,25-29H2,3H3,(H,60,68)(H,61,69,70). The number of fused-ring (bicyclic) bond motifs is 6. The Morgan fingerprint density at radius 1 is 0.987 bits per heavy atom. The highest BCUT2D eigenvalue weighted by atomic mass is 19.1. The summed E-state index contributed by atoms with van der Waals surface area (Å²) in [6, 6.07) is 11.8. The Balaban J connectivity index is 0.723. The van der Waals surface area contributed by atoms with Crippen LogP contribution in [0.1, 0.15) is 90.5 Å². The summed E-state index contributed by atoms with van der Waals surface area (Å²) < 4.78 is 44.7. The highest BCUT2D eigenvalue weighted by Crippen LogP contribution is 2.45. The highest BCUT2D eigenvalue weighted by molar-refractivity contribution is 6.26. The maximum absolute atomic E-state index is 17.2. The van der Waals surface area contributed by atoms with Gasteiger partial charge in [0.1, 0.15) is 42.1 Å². The molecule has 6 amide bonds. The number of carbonyl (C=O) groups excluding carboxylic acids is 6. The third-order valence-corrected chi connectivity index (χ3v) is 15.6. The average molecular weight is 1020 g/mol. The third kappa shape index (κ3) is 9.07. The van der Waals surface area contributed by atoms with Crippen molar-refractivity contribution in [2.24, 2.45) is 0 Å². The Kier molecular flexibility index (Phi) is 13.0. The molecule has 5 fully saturated rings. The number of amides is 6. The molecular weight excluding hydrogens is 967 g/mol. The number of benzene rings is 3. The lowest BCUT2D eigenvalue weighted by Crippen LogP contribution is -2.54. The summed E-state index contributed by atoms with van der Waals surface area (Å²) >= 11 is 0. The van der Waals surface area contributed by atoms with Gasteiger partial charge in [0.25, 0.3) is 11.8 Å². The van der Waals surface area contributed by atoms with Crippen LogP contribution < -0.4 is 25.6 Å². The monoisotopic (exact) mass is 1020 g/mol. The third-order valence-electron chi connectivity index (χ3n) is 15.6. The molecule has 2 aromatic heterocycles. The van der Waals surface area contributed by atoms with Crippen LogP contribution in [0.5, 0.6) is 6.01 Å². The first-order chi connectivity index (χ1) is 36.2. The highest BCUT2D eigenvalue weighted by Gasteiger charge is 2.52. The number of imide groups is 2. The Morgan fingerprint density at radius 2 is 1.77 bits per heavy atom. The number of nitrogens with one attached hydrogen (secondary N) is 3. The first kappa shape index (κ1) is 49.3. The Hall–Kier alpha value is -7.89. The van der Waals surface area contributed by atoms with Gasteiger partial charge in [-0.25, -0.2) is 13.6 Å². The second-order valence-corrected chi connectivity index (χ2v) is 20.5. The van der Waals surface area contributed by atoms with E-state index in [1.54, 1.807) is 37.5 Å². The molecular formula is C55H54F2N10O8. The first-order valence-corrected chi connectivity index (χ1v) is 25.3. The molecule has 0 aliphatic carbocycles. The SMILES string of the molecule is C#Cc1c(F)ccc2cccc(-c3ncc4c(N5CC6CCC(C5)N6)nc(OCC56CCC(COC(=O)N(C)CCCCC(=O)Nc7cccc8c7C(=O)N(C7CCC(=O)NC7=O)C8=O)N5CC(=C)C6)nc4c3F)c12. The molecule has 20 heteroatoms. The van der Waals surface area contributed by atoms with Gasteiger partial charge in [0.15, 0.2) is 5.82 Å². The smallest absolute Gasteiger partial charge is 0.409 e. The minimum atomic E-state index is -1.13. The lowest BCUT2D eigenvalue weighted by atomic mass is 9.94. The molecule has 5 aromatic rings. The molecule has 5 unspecified atom stereocenters. The zero-order valence-electron chi connectivity index (χ0n) is 41.3. The number of rotatable bonds is 14. The first-order valence-electron chi connectivity index (χ1n) is 25.3. The van der Waals surface area contributed by atoms with Gasteiger partial charge >= 0.3 is 12.1 Å². The van der Waals surface area contributed by atoms with Gasteiger partial charge in [0.05, 0.1) is 33.3 Å². The summed E-state index contributed by atoms with van der Waals surface area (Å²) in [6.07, 6.45) is 11.8. The molecule has 6 aliphatic heterocycles. The van der Waals surface area contributed by atoms with E-state index in [-0.39, 0.29) is 90.2 Å². The lowest BCUT2D eigenvalue weighted by molar-refractivity contribution is -0.136. The van der Waals surface area contributed by atoms with Crippen molar-refractivity contribution in [2.45, 2.75) is 93.9 Å². The number of aromatic nitrogens is 3. The molecule has 11 rings (SSSR count). The zero-order valence-corrected chi connectivity index (χ0v) is 41.3. The molecule has 0 radical (unpaired) electrons. The molecule has 386 valence electrons. The predicted molar refractivity (Wildman–Crippen MR) is 272 cm³/mol. The van der Waals surface area contributed by atoms with Gasteiger partial charge in [-0.3, -0.25) is 44.1 Å². The van der Waals surface area contributed by atoms with Crippen LogP contribution in [-0.2, 0) is 19.1 Å². The van der Waals surface area contributed by atoms with Crippen molar-refractivity contribution in [3.8, 4) is 29.6 Å². The molecule has 3 N–H and O–H groups in total. The largest absolute Gasteiger partial charge is 0.461 e. The molecule has 0 spiro atoms. The number of carbonyl (C=O) groups is 6. The van der Waals surface area contributed by atoms with Crippen molar-refractivity contribution in [1.82, 2.24) is 40.3 Å². The Bertz CT molecular complexity index is 3300. The van der Waals surface area contributed by atoms with E-state index in [0.29, 0.717) is 85.8 Å². The van der Waals surface area contributed by atoms with Gasteiger partial charge < -0.3 is 29.9 Å². The molecule has 5 saturated heterocycles. The van der Waals surface area contributed by atoms with E-state index in [1.165, 1.54) is 29.2 Å². The van der Waals surface area contributed by atoms with E-state index in [4.69, 9.17) is 25.9 Å². The number of pyridine rings is 1. The number of piperidine rings is 1. The van der Waals surface area contributed by atoms with Crippen LogP contribution in [0.4, 0.5) is 25.1 Å². The van der Waals surface area contributed by atoms with Gasteiger partial charge in [0.2, 0.25) is 17.7 Å². The Morgan fingerprint density at radius 3 is 2.56 bits per heavy atom. The number of halogens is 2. The molecule has 2 bridgehead atoms. The van der Waals surface area contributed by atoms with Crippen LogP contribution in [0.25, 0.3) is 32.9 Å². The summed E-state index contributed by atoms with van der Waals surface area (Å²) in [5, 5.41) is 9.98. The maximum atomic E-state index is 17.2. The van der Waals surface area contributed by atoms with Crippen molar-refractivity contribution >= 4 is 68.8 Å². The molecule has 6 aliphatic rings. The maximum Gasteiger partial charge on any atom is 0.409 e. The molecule has 18 nitrogen and oxygen atoms in total. The summed E-state index contributed by atoms with van der Waals surface area (Å²) in [7, 11) is 1.62. The van der Waals surface area contributed by atoms with Gasteiger partial charge in [-0.15, -0.1) is 6.42 Å². The van der Waals surface area contributed by atoms with Gasteiger partial charge in [-0.1, -0.05) is 48.4 Å². The van der Waals surface area contributed by atoms with E-state index < -0.39 is 58.8 Å². The molecule has 3 aromatic carbocycles. The van der Waals surface area contributed by atoms with Crippen LogP contribution in [0.15, 0.2) is 66.9 Å². The minimum absolute atomic E-state index is 0.00191. The lowest BCUT2D eigenvalue weighted by Gasteiger charge is -2.35. The van der Waals surface area contributed by atoms with Crippen LogP contribution in [-0.4, -0.2) is 141 Å². The number of anilines is 2. The van der Waals surface area contributed by atoms with E-state index in [2.05, 4.69) is 43.2 Å². The van der Waals surface area contributed by atoms with Crippen molar-refractivity contribution in [2.75, 3.05) is 56.7 Å². The summed E-state index contributed by atoms with van der Waals surface area (Å²) in [5.74, 6) is -1.35. The Labute approximate surface area is 430 Å². The zero-order chi connectivity index (χ0) is 52.3. The van der Waals surface area contributed by atoms with Crippen LogP contribution in [0.2, 0.25) is 0 Å². The van der Waals surface area contributed by atoms with Gasteiger partial charge in [-0.05, 0) is 75.0 Å². The predicted octanol–water partition coefficient (Wildman–Crippen LogP) is 5.87. The average Bonchev–Trinajstić information content (AvgIpc) is 4.11. The van der Waals surface area contributed by atoms with Crippen molar-refractivity contribution in [3.05, 3.63) is 95.2 Å². The fraction of sp³-hybridized carbons (Fsp3) is 0.400. The summed E-state index contributed by atoms with van der Waals surface area (Å²) in [4.78, 5) is 98.2. The van der Waals surface area contributed by atoms with E-state index in [9.17, 15) is 28.8 Å². The summed E-state index contributed by atoms with van der Waals surface area (Å²) in [6.45, 7) is 6.79. The molecule has 8 heterocycles. The normalized spacial score (nSPS) is 23.1. The molecule has 5 atom stereocenters. The van der Waals surface area contributed by atoms with Crippen LogP contribution in [0.3, 0.4) is 0 Å². The number of nitrogens with zero attached hydrogens (tertiary/aromatic N) is 7. The van der Waals surface area contributed by atoms with Gasteiger partial charge in [0, 0.05) is 81.3 Å². The van der Waals surface area contributed by atoms with Gasteiger partial charge in [-0.2, -0.15) is 9.97 Å². The number of unbranched alkanes of at least 4 members (excludes halogenated alkanes) is 1. The molecule has 0 saturated carbocycles. The number of hydrogen-bond donors (Lipinski definition) is 3. The van der Waals surface area contributed by atoms with E-state index >= 15 is 8.78 Å². The van der Waals surface area contributed by atoms with Crippen LogP contribution in [0, 0.1) is 24.0 Å². The van der Waals surface area contributed by atoms with Crippen molar-refractivity contribution in [3.63, 3.8) is 0 Å². The fourth-order valence-electron chi connectivity index (χ4n) is 12.0. The van der Waals surface area contributed by atoms with E-state index in [0.717, 1.165) is 23.3 Å². The minimum Gasteiger partial charge on any atom is -0.461 e. The van der Waals surface area contributed by atoms with Crippen molar-refractivity contribution in [1.29, 1.82) is 0 Å². The number of terminal acetylenes is 1. The topological polar surface area (TPSA) is 209 Å². The number of hydrogen-bond acceptors (Lipinski definition) is 14. The van der Waals surface area contributed by atoms with E-state index in [1.807, 2.05) is 0 Å². The molecule has 75 heavy (non-hydrogen) atoms. The second-order valence-electron chi connectivity index (χ2n) is 20.5. The van der Waals surface area contributed by atoms with Crippen molar-refractivity contribution < 1.29 is 47.0 Å². The summed E-state index contributed by atoms with van der Waals surface area (Å²) in [5.41, 5.74) is 1.02. The number of ether oxygens (including phenoxy) is 2. The fourth-order valence-corrected chi connectivity index (χ4v) is 12.0.